The molecule has 9 rings (SSSR count). The van der Waals surface area contributed by atoms with E-state index in [1.165, 1.54) is 27.8 Å². The lowest BCUT2D eigenvalue weighted by Gasteiger charge is -2.43. The summed E-state index contributed by atoms with van der Waals surface area (Å²) >= 11 is 0. The maximum absolute atomic E-state index is 5.20. The smallest absolute Gasteiger partial charge is 0.0715 e. The van der Waals surface area contributed by atoms with Gasteiger partial charge in [0.05, 0.1) is 17.1 Å². The first-order chi connectivity index (χ1) is 25.1. The van der Waals surface area contributed by atoms with Gasteiger partial charge in [-0.15, -0.1) is 0 Å². The fourth-order valence-corrected chi connectivity index (χ4v) is 8.30. The molecule has 2 atom stereocenters. The van der Waals surface area contributed by atoms with Crippen LogP contribution in [0.1, 0.15) is 38.2 Å². The Balaban J connectivity index is 1.25. The Bertz CT molecular complexity index is 2290. The fourth-order valence-electron chi connectivity index (χ4n) is 8.30. The minimum absolute atomic E-state index is 0.206. The van der Waals surface area contributed by atoms with Crippen molar-refractivity contribution in [1.29, 1.82) is 0 Å². The predicted octanol–water partition coefficient (Wildman–Crippen LogP) is 12.6. The molecule has 0 aliphatic heterocycles. The molecule has 2 heterocycles. The quantitative estimate of drug-likeness (QED) is 0.167. The van der Waals surface area contributed by atoms with Gasteiger partial charge in [0.25, 0.3) is 0 Å². The fraction of sp³-hybridized carbons (Fsp3) is 0.143. The van der Waals surface area contributed by atoms with Crippen molar-refractivity contribution in [1.82, 2.24) is 9.97 Å². The largest absolute Gasteiger partial charge is 0.256 e. The third-order valence-electron chi connectivity index (χ3n) is 11.0. The van der Waals surface area contributed by atoms with Crippen LogP contribution in [0.25, 0.3) is 56.0 Å². The maximum Gasteiger partial charge on any atom is 0.0715 e. The number of allylic oxidation sites excluding steroid dienone is 8. The number of hydrogen-bond acceptors (Lipinski definition) is 2. The van der Waals surface area contributed by atoms with Crippen LogP contribution in [0.4, 0.5) is 0 Å². The van der Waals surface area contributed by atoms with Crippen LogP contribution in [0, 0.1) is 5.92 Å². The van der Waals surface area contributed by atoms with Crippen LogP contribution < -0.4 is 0 Å². The van der Waals surface area contributed by atoms with E-state index < -0.39 is 0 Å². The minimum atomic E-state index is -0.206. The molecule has 6 aromatic rings. The maximum atomic E-state index is 5.20. The zero-order valence-corrected chi connectivity index (χ0v) is 29.0. The van der Waals surface area contributed by atoms with E-state index in [0.717, 1.165) is 70.6 Å². The highest BCUT2D eigenvalue weighted by Crippen LogP contribution is 2.51. The van der Waals surface area contributed by atoms with Gasteiger partial charge in [-0.1, -0.05) is 146 Å². The molecular weight excluding hydrogens is 617 g/mol. The van der Waals surface area contributed by atoms with E-state index in [0.29, 0.717) is 5.92 Å². The standard InChI is InChI=1S/C49H40N2/c1-49(32-37-21-11-12-22-43(37)44-23-13-14-24-45(44)49)42-28-39(27-41(29-42)46-26-25-38(33-50-46)34-15-5-2-6-16-34)40-30-47(35-17-7-3-8-18-35)51-48(31-40)36-19-9-4-10-20-36/h2-10,12,14-20,22,24-33,45H,11,13,21,23H2,1H3. The van der Waals surface area contributed by atoms with Crippen LogP contribution in [0.3, 0.4) is 0 Å². The summed E-state index contributed by atoms with van der Waals surface area (Å²) in [5, 5.41) is 0. The molecular formula is C49H40N2. The SMILES string of the molecule is CC1(c2cc(-c3cc(-c4ccccc4)nc(-c4ccccc4)c3)cc(-c3ccc(-c4ccccc4)cn3)c2)C=C2CCC=CC2=C2CCC=CC21. The second-order valence-corrected chi connectivity index (χ2v) is 14.2. The van der Waals surface area contributed by atoms with E-state index in [4.69, 9.17) is 9.97 Å². The van der Waals surface area contributed by atoms with Gasteiger partial charge in [-0.2, -0.15) is 0 Å². The number of hydrogen-bond donors (Lipinski definition) is 0. The van der Waals surface area contributed by atoms with Crippen LogP contribution in [-0.4, -0.2) is 9.97 Å². The molecule has 0 saturated carbocycles. The van der Waals surface area contributed by atoms with Crippen molar-refractivity contribution in [2.75, 3.05) is 0 Å². The molecule has 0 amide bonds. The van der Waals surface area contributed by atoms with Crippen LogP contribution >= 0.6 is 0 Å². The Morgan fingerprint density at radius 2 is 1.18 bits per heavy atom. The third-order valence-corrected chi connectivity index (χ3v) is 11.0. The molecule has 246 valence electrons. The number of aromatic nitrogens is 2. The number of rotatable bonds is 6. The molecule has 0 radical (unpaired) electrons. The summed E-state index contributed by atoms with van der Waals surface area (Å²) in [6.07, 6.45) is 18.7. The summed E-state index contributed by atoms with van der Waals surface area (Å²) in [5.74, 6) is 0.307. The van der Waals surface area contributed by atoms with Crippen LogP contribution in [-0.2, 0) is 5.41 Å². The molecule has 51 heavy (non-hydrogen) atoms. The lowest BCUT2D eigenvalue weighted by atomic mass is 9.60. The lowest BCUT2D eigenvalue weighted by molar-refractivity contribution is 0.446. The normalized spacial score (nSPS) is 19.3. The molecule has 2 aromatic heterocycles. The first-order valence-electron chi connectivity index (χ1n) is 18.2. The molecule has 3 aliphatic carbocycles. The molecule has 3 aliphatic rings. The van der Waals surface area contributed by atoms with Gasteiger partial charge in [-0.05, 0) is 89.4 Å². The van der Waals surface area contributed by atoms with Crippen LogP contribution in [0.2, 0.25) is 0 Å². The van der Waals surface area contributed by atoms with Crippen molar-refractivity contribution < 1.29 is 0 Å². The molecule has 2 heteroatoms. The molecule has 0 bridgehead atoms. The van der Waals surface area contributed by atoms with Crippen LogP contribution in [0.5, 0.6) is 0 Å². The summed E-state index contributed by atoms with van der Waals surface area (Å²) in [6, 6.07) is 47.6. The first kappa shape index (κ1) is 31.1. The van der Waals surface area contributed by atoms with Crippen molar-refractivity contribution in [2.45, 2.75) is 38.0 Å². The Labute approximate surface area is 301 Å². The average Bonchev–Trinajstić information content (AvgIpc) is 3.22. The Morgan fingerprint density at radius 3 is 1.84 bits per heavy atom. The van der Waals surface area contributed by atoms with Gasteiger partial charge in [0.15, 0.2) is 0 Å². The van der Waals surface area contributed by atoms with Crippen molar-refractivity contribution >= 4 is 0 Å². The van der Waals surface area contributed by atoms with Gasteiger partial charge in [-0.25, -0.2) is 4.98 Å². The van der Waals surface area contributed by atoms with E-state index >= 15 is 0 Å². The monoisotopic (exact) mass is 656 g/mol. The van der Waals surface area contributed by atoms with Crippen molar-refractivity contribution in [3.8, 4) is 56.0 Å². The highest BCUT2D eigenvalue weighted by Gasteiger charge is 2.41. The number of fused-ring (bicyclic) bond motifs is 2. The van der Waals surface area contributed by atoms with E-state index in [9.17, 15) is 0 Å². The van der Waals surface area contributed by atoms with Gasteiger partial charge in [0.2, 0.25) is 0 Å². The van der Waals surface area contributed by atoms with Gasteiger partial charge in [-0.3, -0.25) is 4.98 Å². The van der Waals surface area contributed by atoms with Gasteiger partial charge in [0, 0.05) is 39.8 Å². The third kappa shape index (κ3) is 5.91. The Hall–Kier alpha value is -5.86. The number of benzene rings is 4. The van der Waals surface area contributed by atoms with E-state index in [1.807, 2.05) is 6.20 Å². The molecule has 0 spiro atoms. The van der Waals surface area contributed by atoms with Gasteiger partial charge in [0.1, 0.15) is 0 Å². The lowest BCUT2D eigenvalue weighted by Crippen LogP contribution is -2.35. The average molecular weight is 657 g/mol. The van der Waals surface area contributed by atoms with E-state index in [2.05, 4.69) is 171 Å². The molecule has 2 unspecified atom stereocenters. The van der Waals surface area contributed by atoms with Gasteiger partial charge < -0.3 is 0 Å². The highest BCUT2D eigenvalue weighted by atomic mass is 14.7. The summed E-state index contributed by atoms with van der Waals surface area (Å²) < 4.78 is 0. The summed E-state index contributed by atoms with van der Waals surface area (Å²) in [6.45, 7) is 2.46. The molecule has 0 fully saturated rings. The predicted molar refractivity (Wildman–Crippen MR) is 212 cm³/mol. The van der Waals surface area contributed by atoms with Crippen molar-refractivity contribution in [3.05, 3.63) is 192 Å². The summed E-state index contributed by atoms with van der Waals surface area (Å²) in [7, 11) is 0. The van der Waals surface area contributed by atoms with Crippen LogP contribution in [0.15, 0.2) is 187 Å². The first-order valence-corrected chi connectivity index (χ1v) is 18.2. The van der Waals surface area contributed by atoms with Gasteiger partial charge >= 0.3 is 0 Å². The summed E-state index contributed by atoms with van der Waals surface area (Å²) in [5.41, 5.74) is 16.5. The number of nitrogens with zero attached hydrogens (tertiary/aromatic N) is 2. The highest BCUT2D eigenvalue weighted by molar-refractivity contribution is 5.80. The second kappa shape index (κ2) is 13.1. The molecule has 4 aromatic carbocycles. The van der Waals surface area contributed by atoms with Crippen molar-refractivity contribution in [3.63, 3.8) is 0 Å². The Kier molecular flexibility index (Phi) is 8.01. The summed E-state index contributed by atoms with van der Waals surface area (Å²) in [4.78, 5) is 10.3. The second-order valence-electron chi connectivity index (χ2n) is 14.2. The van der Waals surface area contributed by atoms with Crippen molar-refractivity contribution in [2.24, 2.45) is 5.92 Å². The number of pyridine rings is 2. The minimum Gasteiger partial charge on any atom is -0.256 e. The zero-order chi connectivity index (χ0) is 34.2. The Morgan fingerprint density at radius 1 is 0.549 bits per heavy atom. The van der Waals surface area contributed by atoms with E-state index in [-0.39, 0.29) is 5.41 Å². The topological polar surface area (TPSA) is 25.8 Å². The molecule has 2 nitrogen and oxygen atoms in total. The molecule has 0 saturated heterocycles. The molecule has 0 N–H and O–H groups in total. The van der Waals surface area contributed by atoms with E-state index in [1.54, 1.807) is 5.57 Å². The zero-order valence-electron chi connectivity index (χ0n) is 29.0.